The minimum Gasteiger partial charge on any atom is -0.494 e. The lowest BCUT2D eigenvalue weighted by Crippen LogP contribution is -2.18. The normalized spacial score (nSPS) is 11.9. The number of aliphatic hydroxyl groups excluding tert-OH is 1. The summed E-state index contributed by atoms with van der Waals surface area (Å²) in [6.07, 6.45) is 1.02. The largest absolute Gasteiger partial charge is 0.494 e. The van der Waals surface area contributed by atoms with Crippen molar-refractivity contribution in [3.8, 4) is 5.75 Å². The molecule has 1 N–H and O–H groups in total. The van der Waals surface area contributed by atoms with Crippen LogP contribution in [0.3, 0.4) is 0 Å². The molecular weight excluding hydrogens is 470 g/mol. The summed E-state index contributed by atoms with van der Waals surface area (Å²) in [5.74, 6) is 2.27. The number of non-ortho nitro benzene ring substituents is 1. The van der Waals surface area contributed by atoms with Crippen LogP contribution in [-0.4, -0.2) is 17.1 Å². The molecule has 9 heteroatoms. The molecule has 0 fully saturated rings. The summed E-state index contributed by atoms with van der Waals surface area (Å²) < 4.78 is 5.46. The Hall–Kier alpha value is -3.98. The van der Waals surface area contributed by atoms with E-state index in [0.717, 1.165) is 6.42 Å². The first kappa shape index (κ1) is 27.6. The highest BCUT2D eigenvalue weighted by Gasteiger charge is 2.18. The highest BCUT2D eigenvalue weighted by molar-refractivity contribution is 5.63. The monoisotopic (exact) mass is 503 g/mol. The van der Waals surface area contributed by atoms with Crippen LogP contribution in [0.1, 0.15) is 38.8 Å². The molecular formula is C28H33N5O4. The van der Waals surface area contributed by atoms with Crippen molar-refractivity contribution in [1.82, 2.24) is 0 Å². The molecule has 0 aliphatic carbocycles. The molecule has 0 saturated carbocycles. The van der Waals surface area contributed by atoms with Gasteiger partial charge in [0.15, 0.2) is 0 Å². The first-order valence-corrected chi connectivity index (χ1v) is 12.2. The van der Waals surface area contributed by atoms with Crippen molar-refractivity contribution in [2.24, 2.45) is 38.2 Å². The molecule has 0 amide bonds. The van der Waals surface area contributed by atoms with Crippen LogP contribution < -0.4 is 4.74 Å². The van der Waals surface area contributed by atoms with Gasteiger partial charge in [-0.1, -0.05) is 39.8 Å². The molecule has 3 rings (SSSR count). The molecule has 0 radical (unpaired) electrons. The van der Waals surface area contributed by atoms with Crippen molar-refractivity contribution in [2.75, 3.05) is 7.11 Å². The number of benzene rings is 3. The van der Waals surface area contributed by atoms with Crippen molar-refractivity contribution >= 4 is 28.4 Å². The van der Waals surface area contributed by atoms with Crippen molar-refractivity contribution in [3.05, 3.63) is 81.9 Å². The first-order valence-electron chi connectivity index (χ1n) is 12.2. The van der Waals surface area contributed by atoms with Crippen molar-refractivity contribution in [2.45, 2.75) is 40.7 Å². The van der Waals surface area contributed by atoms with Gasteiger partial charge in [-0.2, -0.15) is 15.3 Å². The molecule has 0 atom stereocenters. The molecule has 0 heterocycles. The Morgan fingerprint density at radius 1 is 0.838 bits per heavy atom. The highest BCUT2D eigenvalue weighted by Crippen LogP contribution is 2.37. The Bertz CT molecular complexity index is 1240. The van der Waals surface area contributed by atoms with Crippen LogP contribution in [0.15, 0.2) is 81.1 Å². The topological polar surface area (TPSA) is 122 Å². The molecule has 3 aromatic carbocycles. The summed E-state index contributed by atoms with van der Waals surface area (Å²) in [7, 11) is 1.51. The van der Waals surface area contributed by atoms with Crippen LogP contribution in [0.25, 0.3) is 0 Å². The van der Waals surface area contributed by atoms with Gasteiger partial charge >= 0.3 is 0 Å². The van der Waals surface area contributed by atoms with Gasteiger partial charge in [-0.05, 0) is 60.1 Å². The number of hydrogen-bond donors (Lipinski definition) is 1. The predicted molar refractivity (Wildman–Crippen MR) is 144 cm³/mol. The van der Waals surface area contributed by atoms with Crippen LogP contribution in [0, 0.1) is 27.9 Å². The van der Waals surface area contributed by atoms with E-state index in [1.54, 1.807) is 12.1 Å². The number of rotatable bonds is 11. The van der Waals surface area contributed by atoms with E-state index in [1.165, 1.54) is 36.9 Å². The van der Waals surface area contributed by atoms with Crippen LogP contribution in [0.2, 0.25) is 0 Å². The van der Waals surface area contributed by atoms with E-state index >= 15 is 0 Å². The zero-order valence-electron chi connectivity index (χ0n) is 21.8. The van der Waals surface area contributed by atoms with E-state index in [9.17, 15) is 15.2 Å². The maximum Gasteiger partial charge on any atom is 0.269 e. The molecule has 0 unspecified atom stereocenters. The van der Waals surface area contributed by atoms with Crippen LogP contribution in [0.4, 0.5) is 28.4 Å². The first-order chi connectivity index (χ1) is 17.7. The summed E-state index contributed by atoms with van der Waals surface area (Å²) in [5, 5.41) is 37.7. The van der Waals surface area contributed by atoms with Crippen LogP contribution in [-0.2, 0) is 13.0 Å². The Balaban J connectivity index is 1.79. The van der Waals surface area contributed by atoms with Gasteiger partial charge in [-0.25, -0.2) is 0 Å². The second-order valence-electron chi connectivity index (χ2n) is 9.51. The van der Waals surface area contributed by atoms with E-state index in [1.807, 2.05) is 12.1 Å². The van der Waals surface area contributed by atoms with Crippen molar-refractivity contribution in [1.29, 1.82) is 0 Å². The maximum atomic E-state index is 10.8. The molecule has 0 aliphatic rings. The van der Waals surface area contributed by atoms with Gasteiger partial charge in [0.2, 0.25) is 0 Å². The molecule has 0 bridgehead atoms. The molecule has 0 aliphatic heterocycles. The Morgan fingerprint density at radius 3 is 1.86 bits per heavy atom. The summed E-state index contributed by atoms with van der Waals surface area (Å²) in [4.78, 5) is 10.3. The van der Waals surface area contributed by atoms with E-state index in [0.29, 0.717) is 51.8 Å². The van der Waals surface area contributed by atoms with Gasteiger partial charge < -0.3 is 9.84 Å². The number of nitro benzene ring substituents is 1. The molecule has 37 heavy (non-hydrogen) atoms. The number of nitrogens with zero attached hydrogens (tertiary/aromatic N) is 5. The SMILES string of the molecule is COc1cc(N=Nc2ccc([N+](=O)[O-])cc2)c(CO)cc1N=Nc1ccc(CC(C(C)C)C(C)C)cc1. The number of nitro groups is 1. The molecule has 0 spiro atoms. The molecule has 0 saturated heterocycles. The van der Waals surface area contributed by atoms with Crippen molar-refractivity contribution in [3.63, 3.8) is 0 Å². The maximum absolute atomic E-state index is 10.8. The number of hydrogen-bond acceptors (Lipinski definition) is 8. The Morgan fingerprint density at radius 2 is 1.38 bits per heavy atom. The fourth-order valence-corrected chi connectivity index (χ4v) is 4.14. The Kier molecular flexibility index (Phi) is 9.57. The minimum absolute atomic E-state index is 0.0312. The summed E-state index contributed by atoms with van der Waals surface area (Å²) in [5.41, 5.74) is 3.72. The van der Waals surface area contributed by atoms with Crippen molar-refractivity contribution < 1.29 is 14.8 Å². The van der Waals surface area contributed by atoms with E-state index in [2.05, 4.69) is 60.3 Å². The Labute approximate surface area is 217 Å². The fourth-order valence-electron chi connectivity index (χ4n) is 4.14. The second-order valence-corrected chi connectivity index (χ2v) is 9.51. The van der Waals surface area contributed by atoms with E-state index in [4.69, 9.17) is 4.74 Å². The number of aliphatic hydroxyl groups is 1. The van der Waals surface area contributed by atoms with Gasteiger partial charge in [-0.15, -0.1) is 5.11 Å². The smallest absolute Gasteiger partial charge is 0.269 e. The van der Waals surface area contributed by atoms with Gasteiger partial charge in [0.1, 0.15) is 11.4 Å². The molecule has 9 nitrogen and oxygen atoms in total. The average molecular weight is 504 g/mol. The van der Waals surface area contributed by atoms with Gasteiger partial charge in [0.05, 0.1) is 35.7 Å². The lowest BCUT2D eigenvalue weighted by molar-refractivity contribution is -0.384. The quantitative estimate of drug-likeness (QED) is 0.160. The average Bonchev–Trinajstić information content (AvgIpc) is 2.89. The third-order valence-electron chi connectivity index (χ3n) is 6.28. The number of methoxy groups -OCH3 is 1. The van der Waals surface area contributed by atoms with Crippen LogP contribution in [0.5, 0.6) is 5.75 Å². The zero-order valence-corrected chi connectivity index (χ0v) is 21.8. The number of ether oxygens (including phenoxy) is 1. The predicted octanol–water partition coefficient (Wildman–Crippen LogP) is 8.40. The number of azo groups is 2. The van der Waals surface area contributed by atoms with E-state index < -0.39 is 4.92 Å². The lowest BCUT2D eigenvalue weighted by atomic mass is 9.81. The molecule has 194 valence electrons. The standard InChI is InChI=1S/C28H33N5O4/c1-18(2)25(19(3)4)14-20-6-8-22(9-7-20)30-32-27-15-21(17-34)26(16-28(27)37-5)31-29-23-10-12-24(13-11-23)33(35)36/h6-13,15-16,18-19,25,34H,14,17H2,1-5H3. The van der Waals surface area contributed by atoms with Gasteiger partial charge in [-0.3, -0.25) is 10.1 Å². The van der Waals surface area contributed by atoms with Crippen LogP contribution >= 0.6 is 0 Å². The third-order valence-corrected chi connectivity index (χ3v) is 6.28. The van der Waals surface area contributed by atoms with Gasteiger partial charge in [0.25, 0.3) is 5.69 Å². The molecule has 0 aromatic heterocycles. The summed E-state index contributed by atoms with van der Waals surface area (Å²) in [6, 6.07) is 17.0. The highest BCUT2D eigenvalue weighted by atomic mass is 16.6. The van der Waals surface area contributed by atoms with E-state index in [-0.39, 0.29) is 12.3 Å². The second kappa shape index (κ2) is 12.8. The summed E-state index contributed by atoms with van der Waals surface area (Å²) >= 11 is 0. The zero-order chi connectivity index (χ0) is 26.9. The van der Waals surface area contributed by atoms with Gasteiger partial charge in [0, 0.05) is 23.8 Å². The minimum atomic E-state index is -0.480. The molecule has 3 aromatic rings. The summed E-state index contributed by atoms with van der Waals surface area (Å²) in [6.45, 7) is 8.78. The fraction of sp³-hybridized carbons (Fsp3) is 0.357. The third kappa shape index (κ3) is 7.50. The lowest BCUT2D eigenvalue weighted by Gasteiger charge is -2.24.